The summed E-state index contributed by atoms with van der Waals surface area (Å²) in [4.78, 5) is 6.02. The van der Waals surface area contributed by atoms with Gasteiger partial charge in [-0.05, 0) is 47.4 Å². The van der Waals surface area contributed by atoms with E-state index in [1.54, 1.807) is 19.4 Å². The van der Waals surface area contributed by atoms with Gasteiger partial charge in [0, 0.05) is 29.2 Å². The Bertz CT molecular complexity index is 862. The van der Waals surface area contributed by atoms with Crippen molar-refractivity contribution in [3.63, 3.8) is 0 Å². The molecule has 2 aromatic rings. The van der Waals surface area contributed by atoms with Crippen LogP contribution in [0.25, 0.3) is 11.1 Å². The zero-order chi connectivity index (χ0) is 20.5. The Morgan fingerprint density at radius 3 is 2.57 bits per heavy atom. The van der Waals surface area contributed by atoms with Gasteiger partial charge in [0.1, 0.15) is 5.82 Å². The number of hydrogen-bond acceptors (Lipinski definition) is 4. The van der Waals surface area contributed by atoms with E-state index in [4.69, 9.17) is 4.74 Å². The Labute approximate surface area is 171 Å². The highest BCUT2D eigenvalue weighted by Gasteiger charge is 2.16. The topological polar surface area (TPSA) is 42.4 Å². The number of aliphatic hydroxyl groups is 1. The second kappa shape index (κ2) is 11.0. The fraction of sp³-hybridized carbons (Fsp3) is 0.348. The number of benzene rings is 1. The van der Waals surface area contributed by atoms with Crippen molar-refractivity contribution in [2.24, 2.45) is 0 Å². The quantitative estimate of drug-likeness (QED) is 0.566. The van der Waals surface area contributed by atoms with Crippen LogP contribution in [0.2, 0.25) is 0 Å². The van der Waals surface area contributed by atoms with E-state index < -0.39 is 0 Å². The van der Waals surface area contributed by atoms with Crippen molar-refractivity contribution >= 4 is 11.8 Å². The lowest BCUT2D eigenvalue weighted by atomic mass is 9.94. The van der Waals surface area contributed by atoms with Crippen LogP contribution in [0.3, 0.4) is 0 Å². The van der Waals surface area contributed by atoms with Crippen LogP contribution >= 0.6 is 11.8 Å². The molecule has 0 saturated heterocycles. The number of thioether (sulfide) groups is 1. The van der Waals surface area contributed by atoms with E-state index in [0.717, 1.165) is 33.8 Å². The van der Waals surface area contributed by atoms with Crippen molar-refractivity contribution < 1.29 is 14.2 Å². The molecule has 0 aliphatic carbocycles. The van der Waals surface area contributed by atoms with E-state index in [0.29, 0.717) is 23.4 Å². The molecule has 1 aromatic carbocycles. The van der Waals surface area contributed by atoms with Crippen molar-refractivity contribution in [3.8, 4) is 17.0 Å². The highest BCUT2D eigenvalue weighted by atomic mass is 32.2. The molecule has 0 spiro atoms. The summed E-state index contributed by atoms with van der Waals surface area (Å²) in [6, 6.07) is 7.43. The number of aromatic nitrogens is 1. The Balaban J connectivity index is 2.42. The maximum Gasteiger partial charge on any atom is 0.213 e. The number of allylic oxidation sites excluding steroid dienone is 3. The van der Waals surface area contributed by atoms with Crippen LogP contribution in [-0.4, -0.2) is 23.8 Å². The summed E-state index contributed by atoms with van der Waals surface area (Å²) in [5.41, 5.74) is 2.95. The van der Waals surface area contributed by atoms with E-state index in [9.17, 15) is 5.11 Å². The molecule has 3 nitrogen and oxygen atoms in total. The Morgan fingerprint density at radius 2 is 1.96 bits per heavy atom. The van der Waals surface area contributed by atoms with Gasteiger partial charge >= 0.3 is 0 Å². The molecule has 1 aromatic heterocycles. The van der Waals surface area contributed by atoms with Gasteiger partial charge in [0.25, 0.3) is 0 Å². The van der Waals surface area contributed by atoms with Gasteiger partial charge in [-0.3, -0.25) is 0 Å². The zero-order valence-corrected chi connectivity index (χ0v) is 17.8. The first-order valence-electron chi connectivity index (χ1n) is 9.51. The Morgan fingerprint density at radius 1 is 1.21 bits per heavy atom. The average Bonchev–Trinajstić information content (AvgIpc) is 2.73. The number of halogens is 1. The minimum Gasteiger partial charge on any atom is -0.481 e. The van der Waals surface area contributed by atoms with Crippen LogP contribution < -0.4 is 4.74 Å². The van der Waals surface area contributed by atoms with E-state index in [2.05, 4.69) is 4.98 Å². The van der Waals surface area contributed by atoms with Gasteiger partial charge in [0.15, 0.2) is 0 Å². The standard InChI is InChI=1S/C23H28FNO2S/c1-5-8-20(15-26)28-19(7-3)13-18-10-9-16(6-2)22(23(18)24)17-11-12-25-21(14-17)27-4/h7-12,14,26H,5-6,13,15H2,1-4H3/b19-7-,20-8-. The SMILES string of the molecule is C/C=C(/Cc1ccc(CC)c(-c2ccnc(OC)c2)c1F)S/C(=C\CC)CO. The van der Waals surface area contributed by atoms with Crippen molar-refractivity contribution in [1.82, 2.24) is 4.98 Å². The first-order chi connectivity index (χ1) is 13.6. The number of nitrogens with zero attached hydrogens (tertiary/aromatic N) is 1. The molecule has 0 bridgehead atoms. The lowest BCUT2D eigenvalue weighted by Gasteiger charge is -2.15. The van der Waals surface area contributed by atoms with Gasteiger partial charge in [-0.25, -0.2) is 9.37 Å². The predicted molar refractivity (Wildman–Crippen MR) is 116 cm³/mol. The summed E-state index contributed by atoms with van der Waals surface area (Å²) in [6.07, 6.45) is 7.68. The minimum absolute atomic E-state index is 0.00480. The number of ether oxygens (including phenoxy) is 1. The number of methoxy groups -OCH3 is 1. The first-order valence-corrected chi connectivity index (χ1v) is 10.3. The van der Waals surface area contributed by atoms with Gasteiger partial charge in [-0.1, -0.05) is 49.9 Å². The predicted octanol–water partition coefficient (Wildman–Crippen LogP) is 5.92. The molecule has 1 N–H and O–H groups in total. The largest absolute Gasteiger partial charge is 0.481 e. The fourth-order valence-corrected chi connectivity index (χ4v) is 4.00. The van der Waals surface area contributed by atoms with E-state index in [1.165, 1.54) is 11.8 Å². The third-order valence-corrected chi connectivity index (χ3v) is 5.66. The molecular formula is C23H28FNO2S. The molecule has 1 heterocycles. The first kappa shape index (κ1) is 22.2. The van der Waals surface area contributed by atoms with Crippen LogP contribution in [-0.2, 0) is 12.8 Å². The Kier molecular flexibility index (Phi) is 8.74. The highest BCUT2D eigenvalue weighted by molar-refractivity contribution is 8.06. The van der Waals surface area contributed by atoms with Gasteiger partial charge in [-0.15, -0.1) is 0 Å². The third kappa shape index (κ3) is 5.46. The summed E-state index contributed by atoms with van der Waals surface area (Å²) in [7, 11) is 1.55. The highest BCUT2D eigenvalue weighted by Crippen LogP contribution is 2.34. The van der Waals surface area contributed by atoms with E-state index in [1.807, 2.05) is 51.1 Å². The maximum absolute atomic E-state index is 15.5. The molecule has 0 unspecified atom stereocenters. The van der Waals surface area contributed by atoms with Gasteiger partial charge < -0.3 is 9.84 Å². The molecule has 28 heavy (non-hydrogen) atoms. The molecular weight excluding hydrogens is 373 g/mol. The number of hydrogen-bond donors (Lipinski definition) is 1. The number of pyridine rings is 1. The average molecular weight is 402 g/mol. The van der Waals surface area contributed by atoms with E-state index in [-0.39, 0.29) is 12.4 Å². The molecule has 0 amide bonds. The number of aliphatic hydroxyl groups excluding tert-OH is 1. The van der Waals surface area contributed by atoms with Crippen LogP contribution in [0.15, 0.2) is 52.4 Å². The minimum atomic E-state index is -0.211. The summed E-state index contributed by atoms with van der Waals surface area (Å²) in [6.45, 7) is 5.99. The lowest BCUT2D eigenvalue weighted by Crippen LogP contribution is -2.00. The van der Waals surface area contributed by atoms with Crippen LogP contribution in [0.1, 0.15) is 38.3 Å². The molecule has 0 aliphatic heterocycles. The van der Waals surface area contributed by atoms with Gasteiger partial charge in [-0.2, -0.15) is 0 Å². The van der Waals surface area contributed by atoms with Crippen molar-refractivity contribution in [2.75, 3.05) is 13.7 Å². The molecule has 2 rings (SSSR count). The molecule has 0 aliphatic rings. The van der Waals surface area contributed by atoms with Crippen LogP contribution in [0, 0.1) is 5.82 Å². The van der Waals surface area contributed by atoms with Crippen molar-refractivity contribution in [2.45, 2.75) is 40.0 Å². The fourth-order valence-electron chi connectivity index (χ4n) is 3.00. The molecule has 0 saturated carbocycles. The van der Waals surface area contributed by atoms with Gasteiger partial charge in [0.05, 0.1) is 13.7 Å². The smallest absolute Gasteiger partial charge is 0.213 e. The van der Waals surface area contributed by atoms with Crippen LogP contribution in [0.4, 0.5) is 4.39 Å². The molecule has 5 heteroatoms. The third-order valence-electron chi connectivity index (χ3n) is 4.46. The van der Waals surface area contributed by atoms with E-state index >= 15 is 4.39 Å². The molecule has 0 radical (unpaired) electrons. The summed E-state index contributed by atoms with van der Waals surface area (Å²) >= 11 is 1.51. The number of aryl methyl sites for hydroxylation is 1. The van der Waals surface area contributed by atoms with Crippen molar-refractivity contribution in [3.05, 3.63) is 69.4 Å². The monoisotopic (exact) mass is 401 g/mol. The number of rotatable bonds is 9. The zero-order valence-electron chi connectivity index (χ0n) is 17.0. The Hall–Kier alpha value is -2.11. The molecule has 0 fully saturated rings. The van der Waals surface area contributed by atoms with Gasteiger partial charge in [0.2, 0.25) is 5.88 Å². The normalized spacial score (nSPS) is 12.4. The molecule has 150 valence electrons. The lowest BCUT2D eigenvalue weighted by molar-refractivity contribution is 0.339. The second-order valence-electron chi connectivity index (χ2n) is 6.28. The molecule has 0 atom stereocenters. The summed E-state index contributed by atoms with van der Waals surface area (Å²) in [5, 5.41) is 9.52. The van der Waals surface area contributed by atoms with Crippen LogP contribution in [0.5, 0.6) is 5.88 Å². The summed E-state index contributed by atoms with van der Waals surface area (Å²) in [5.74, 6) is 0.254. The van der Waals surface area contributed by atoms with Crippen molar-refractivity contribution in [1.29, 1.82) is 0 Å². The maximum atomic E-state index is 15.5. The second-order valence-corrected chi connectivity index (χ2v) is 7.54. The summed E-state index contributed by atoms with van der Waals surface area (Å²) < 4.78 is 20.7.